The summed E-state index contributed by atoms with van der Waals surface area (Å²) in [5, 5.41) is 0. The van der Waals surface area contributed by atoms with Gasteiger partial charge in [-0.05, 0) is 50.2 Å². The van der Waals surface area contributed by atoms with Gasteiger partial charge in [-0.25, -0.2) is 22.5 Å². The van der Waals surface area contributed by atoms with Crippen molar-refractivity contribution in [2.75, 3.05) is 0 Å². The zero-order valence-corrected chi connectivity index (χ0v) is 16.1. The van der Waals surface area contributed by atoms with Gasteiger partial charge in [0.1, 0.15) is 29.5 Å². The number of hydrogen-bond acceptors (Lipinski definition) is 3. The molecule has 0 radical (unpaired) electrons. The molecule has 0 aliphatic rings. The minimum atomic E-state index is -0.784. The lowest BCUT2D eigenvalue weighted by atomic mass is 9.85. The van der Waals surface area contributed by atoms with E-state index in [4.69, 9.17) is 4.42 Å². The lowest BCUT2D eigenvalue weighted by Crippen LogP contribution is -2.21. The molecule has 2 aromatic heterocycles. The van der Waals surface area contributed by atoms with Gasteiger partial charge in [0.05, 0.1) is 28.1 Å². The Morgan fingerprint density at radius 3 is 2.00 bits per heavy atom. The molecule has 4 aromatic rings. The van der Waals surface area contributed by atoms with Crippen molar-refractivity contribution in [1.82, 2.24) is 9.97 Å². The Bertz CT molecular complexity index is 1230. The van der Waals surface area contributed by atoms with Gasteiger partial charge in [-0.3, -0.25) is 4.98 Å². The maximum atomic E-state index is 14.2. The minimum absolute atomic E-state index is 0.0105. The van der Waals surface area contributed by atoms with E-state index in [9.17, 15) is 17.6 Å². The summed E-state index contributed by atoms with van der Waals surface area (Å²) in [6.07, 6.45) is 1.38. The molecule has 152 valence electrons. The van der Waals surface area contributed by atoms with Crippen LogP contribution < -0.4 is 0 Å². The van der Waals surface area contributed by atoms with Crippen LogP contribution in [0.15, 0.2) is 65.3 Å². The van der Waals surface area contributed by atoms with E-state index in [1.807, 2.05) is 13.8 Å². The molecule has 0 unspecified atom stereocenters. The topological polar surface area (TPSA) is 38.9 Å². The van der Waals surface area contributed by atoms with Crippen molar-refractivity contribution in [2.45, 2.75) is 19.3 Å². The number of hydrogen-bond donors (Lipinski definition) is 0. The maximum Gasteiger partial charge on any atom is 0.229 e. The molecule has 30 heavy (non-hydrogen) atoms. The first-order chi connectivity index (χ1) is 14.3. The molecule has 0 atom stereocenters. The molecule has 0 bridgehead atoms. The molecule has 0 saturated carbocycles. The van der Waals surface area contributed by atoms with E-state index in [0.717, 1.165) is 18.2 Å². The van der Waals surface area contributed by atoms with E-state index in [1.54, 1.807) is 18.2 Å². The van der Waals surface area contributed by atoms with E-state index in [2.05, 4.69) is 9.97 Å². The van der Waals surface area contributed by atoms with Crippen molar-refractivity contribution in [2.24, 2.45) is 0 Å². The molecule has 4 rings (SSSR count). The Morgan fingerprint density at radius 2 is 1.37 bits per heavy atom. The third kappa shape index (κ3) is 3.58. The minimum Gasteiger partial charge on any atom is -0.444 e. The highest BCUT2D eigenvalue weighted by atomic mass is 19.1. The molecule has 3 nitrogen and oxygen atoms in total. The summed E-state index contributed by atoms with van der Waals surface area (Å²) >= 11 is 0. The fourth-order valence-electron chi connectivity index (χ4n) is 3.11. The van der Waals surface area contributed by atoms with Crippen LogP contribution in [0.2, 0.25) is 0 Å². The number of aromatic nitrogens is 2. The quantitative estimate of drug-likeness (QED) is 0.370. The largest absolute Gasteiger partial charge is 0.444 e. The van der Waals surface area contributed by atoms with Gasteiger partial charge in [-0.1, -0.05) is 6.07 Å². The Kier molecular flexibility index (Phi) is 4.89. The molecular formula is C23H16F4N2O. The van der Waals surface area contributed by atoms with Crippen molar-refractivity contribution in [3.05, 3.63) is 95.5 Å². The van der Waals surface area contributed by atoms with Crippen LogP contribution >= 0.6 is 0 Å². The van der Waals surface area contributed by atoms with Gasteiger partial charge in [0, 0.05) is 17.7 Å². The number of pyridine rings is 1. The Balaban J connectivity index is 1.71. The average Bonchev–Trinajstić information content (AvgIpc) is 3.19. The molecule has 0 amide bonds. The predicted octanol–water partition coefficient (Wildman–Crippen LogP) is 6.29. The lowest BCUT2D eigenvalue weighted by molar-refractivity contribution is 0.545. The summed E-state index contributed by atoms with van der Waals surface area (Å²) in [5.74, 6) is -2.86. The van der Waals surface area contributed by atoms with Gasteiger partial charge in [0.2, 0.25) is 5.89 Å². The normalized spacial score (nSPS) is 11.7. The molecule has 0 spiro atoms. The van der Waals surface area contributed by atoms with Gasteiger partial charge in [-0.2, -0.15) is 0 Å². The van der Waals surface area contributed by atoms with Crippen molar-refractivity contribution in [3.8, 4) is 22.7 Å². The summed E-state index contributed by atoms with van der Waals surface area (Å²) < 4.78 is 60.0. The van der Waals surface area contributed by atoms with Gasteiger partial charge < -0.3 is 4.42 Å². The smallest absolute Gasteiger partial charge is 0.229 e. The number of rotatable bonds is 4. The number of oxazole rings is 1. The van der Waals surface area contributed by atoms with Crippen molar-refractivity contribution < 1.29 is 22.0 Å². The van der Waals surface area contributed by atoms with Crippen LogP contribution in [0, 0.1) is 23.3 Å². The molecule has 0 fully saturated rings. The molecule has 0 N–H and O–H groups in total. The summed E-state index contributed by atoms with van der Waals surface area (Å²) in [4.78, 5) is 8.88. The summed E-state index contributed by atoms with van der Waals surface area (Å²) in [7, 11) is 0. The van der Waals surface area contributed by atoms with Gasteiger partial charge in [0.15, 0.2) is 0 Å². The standard InChI is InChI=1S/C23H16F4N2O/c1-23(2,21-12-30-22(29-21)16-9-7-14(25)11-18(16)27)20-5-3-4-19(28-20)15-8-6-13(24)10-17(15)26/h3-12H,1-2H3. The second-order valence-electron chi connectivity index (χ2n) is 7.32. The molecule has 2 aromatic carbocycles. The summed E-state index contributed by atoms with van der Waals surface area (Å²) in [6.45, 7) is 3.67. The maximum absolute atomic E-state index is 14.2. The van der Waals surface area contributed by atoms with E-state index in [0.29, 0.717) is 17.1 Å². The zero-order chi connectivity index (χ0) is 21.5. The average molecular weight is 412 g/mol. The second-order valence-corrected chi connectivity index (χ2v) is 7.32. The van der Waals surface area contributed by atoms with E-state index >= 15 is 0 Å². The van der Waals surface area contributed by atoms with Crippen LogP contribution in [0.3, 0.4) is 0 Å². The SMILES string of the molecule is CC(C)(c1cccc(-c2ccc(F)cc2F)n1)c1coc(-c2ccc(F)cc2F)n1. The highest BCUT2D eigenvalue weighted by Gasteiger charge is 2.29. The molecule has 0 aliphatic heterocycles. The Labute approximate surface area is 170 Å². The first-order valence-electron chi connectivity index (χ1n) is 9.10. The first-order valence-corrected chi connectivity index (χ1v) is 9.10. The predicted molar refractivity (Wildman–Crippen MR) is 104 cm³/mol. The molecule has 2 heterocycles. The van der Waals surface area contributed by atoms with Crippen LogP contribution in [0.25, 0.3) is 22.7 Å². The van der Waals surface area contributed by atoms with Crippen LogP contribution in [-0.2, 0) is 5.41 Å². The number of halogens is 4. The fourth-order valence-corrected chi connectivity index (χ4v) is 3.11. The molecular weight excluding hydrogens is 396 g/mol. The van der Waals surface area contributed by atoms with Gasteiger partial charge in [-0.15, -0.1) is 0 Å². The second kappa shape index (κ2) is 7.40. The third-order valence-electron chi connectivity index (χ3n) is 4.90. The number of benzene rings is 2. The van der Waals surface area contributed by atoms with E-state index in [-0.39, 0.29) is 17.0 Å². The van der Waals surface area contributed by atoms with Gasteiger partial charge >= 0.3 is 0 Å². The Hall–Kier alpha value is -3.48. The highest BCUT2D eigenvalue weighted by molar-refractivity contribution is 5.60. The molecule has 0 aliphatic carbocycles. The monoisotopic (exact) mass is 412 g/mol. The fraction of sp³-hybridized carbons (Fsp3) is 0.130. The highest BCUT2D eigenvalue weighted by Crippen LogP contribution is 2.33. The van der Waals surface area contributed by atoms with Crippen molar-refractivity contribution >= 4 is 0 Å². The van der Waals surface area contributed by atoms with E-state index < -0.39 is 28.7 Å². The first kappa shape index (κ1) is 19.8. The van der Waals surface area contributed by atoms with Crippen LogP contribution in [-0.4, -0.2) is 9.97 Å². The van der Waals surface area contributed by atoms with E-state index in [1.165, 1.54) is 24.5 Å². The Morgan fingerprint density at radius 1 is 0.733 bits per heavy atom. The van der Waals surface area contributed by atoms with Gasteiger partial charge in [0.25, 0.3) is 0 Å². The van der Waals surface area contributed by atoms with Crippen LogP contribution in [0.4, 0.5) is 17.6 Å². The van der Waals surface area contributed by atoms with Crippen LogP contribution in [0.1, 0.15) is 25.2 Å². The lowest BCUT2D eigenvalue weighted by Gasteiger charge is -2.22. The number of nitrogens with zero attached hydrogens (tertiary/aromatic N) is 2. The molecule has 0 saturated heterocycles. The third-order valence-corrected chi connectivity index (χ3v) is 4.90. The summed E-state index contributed by atoms with van der Waals surface area (Å²) in [5.41, 5.74) is 0.793. The van der Waals surface area contributed by atoms with Crippen molar-refractivity contribution in [3.63, 3.8) is 0 Å². The zero-order valence-electron chi connectivity index (χ0n) is 16.1. The summed E-state index contributed by atoms with van der Waals surface area (Å²) in [6, 6.07) is 11.5. The molecule has 7 heteroatoms. The van der Waals surface area contributed by atoms with Crippen LogP contribution in [0.5, 0.6) is 0 Å². The van der Waals surface area contributed by atoms with Crippen molar-refractivity contribution in [1.29, 1.82) is 0 Å².